The van der Waals surface area contributed by atoms with E-state index in [0.717, 1.165) is 13.0 Å². The lowest BCUT2D eigenvalue weighted by Crippen LogP contribution is -2.07. The van der Waals surface area contributed by atoms with Crippen molar-refractivity contribution in [1.82, 2.24) is 10.3 Å². The third-order valence-electron chi connectivity index (χ3n) is 2.10. The summed E-state index contributed by atoms with van der Waals surface area (Å²) in [5, 5.41) is 3.15. The molecule has 0 aliphatic rings. The normalized spacial score (nSPS) is 11.7. The third-order valence-corrected chi connectivity index (χ3v) is 2.10. The van der Waals surface area contributed by atoms with Gasteiger partial charge in [-0.3, -0.25) is 4.98 Å². The average molecular weight is 190 g/mol. The van der Waals surface area contributed by atoms with E-state index in [1.807, 2.05) is 19.3 Å². The van der Waals surface area contributed by atoms with Crippen LogP contribution in [0.5, 0.6) is 0 Å². The van der Waals surface area contributed by atoms with Gasteiger partial charge in [0.1, 0.15) is 0 Å². The molecule has 1 heterocycles. The molecule has 0 saturated carbocycles. The molecule has 0 bridgehead atoms. The Morgan fingerprint density at radius 3 is 3.07 bits per heavy atom. The smallest absolute Gasteiger partial charge is 0.0340 e. The van der Waals surface area contributed by atoms with Crippen LogP contribution in [-0.4, -0.2) is 18.6 Å². The quantitative estimate of drug-likeness (QED) is 0.721. The van der Waals surface area contributed by atoms with Crippen LogP contribution in [0.4, 0.5) is 0 Å². The monoisotopic (exact) mass is 190 g/mol. The summed E-state index contributed by atoms with van der Waals surface area (Å²) in [6.45, 7) is 3.25. The van der Waals surface area contributed by atoms with Crippen LogP contribution in [0.2, 0.25) is 0 Å². The summed E-state index contributed by atoms with van der Waals surface area (Å²) < 4.78 is 0. The highest BCUT2D eigenvalue weighted by molar-refractivity contribution is 5.50. The number of hydrogen-bond donors (Lipinski definition) is 1. The van der Waals surface area contributed by atoms with Crippen molar-refractivity contribution in [3.63, 3.8) is 0 Å². The van der Waals surface area contributed by atoms with Gasteiger partial charge in [0.05, 0.1) is 0 Å². The van der Waals surface area contributed by atoms with Gasteiger partial charge in [0.2, 0.25) is 0 Å². The molecular weight excluding hydrogens is 172 g/mol. The fourth-order valence-electron chi connectivity index (χ4n) is 1.36. The van der Waals surface area contributed by atoms with Crippen molar-refractivity contribution in [2.75, 3.05) is 13.6 Å². The first-order valence-corrected chi connectivity index (χ1v) is 5.04. The first-order chi connectivity index (χ1) is 6.83. The van der Waals surface area contributed by atoms with Crippen molar-refractivity contribution < 1.29 is 0 Å². The molecule has 0 aliphatic heterocycles. The predicted molar refractivity (Wildman–Crippen MR) is 61.0 cm³/mol. The Labute approximate surface area is 86.1 Å². The molecule has 0 aliphatic carbocycles. The molecule has 1 aromatic heterocycles. The molecule has 2 nitrogen and oxygen atoms in total. The summed E-state index contributed by atoms with van der Waals surface area (Å²) in [4.78, 5) is 4.08. The summed E-state index contributed by atoms with van der Waals surface area (Å²) in [6.07, 6.45) is 8.23. The summed E-state index contributed by atoms with van der Waals surface area (Å²) in [6, 6.07) is 4.04. The van der Waals surface area contributed by atoms with E-state index in [1.54, 1.807) is 6.20 Å². The number of rotatable bonds is 5. The molecule has 0 amide bonds. The van der Waals surface area contributed by atoms with Gasteiger partial charge in [-0.1, -0.05) is 17.7 Å². The van der Waals surface area contributed by atoms with Gasteiger partial charge >= 0.3 is 0 Å². The van der Waals surface area contributed by atoms with Crippen LogP contribution in [0, 0.1) is 0 Å². The lowest BCUT2D eigenvalue weighted by atomic mass is 10.1. The SMILES string of the molecule is CNCCC/C(C)=C/c1cccnc1. The highest BCUT2D eigenvalue weighted by Gasteiger charge is 1.91. The van der Waals surface area contributed by atoms with E-state index in [1.165, 1.54) is 17.6 Å². The lowest BCUT2D eigenvalue weighted by molar-refractivity contribution is 0.722. The second-order valence-corrected chi connectivity index (χ2v) is 3.48. The third kappa shape index (κ3) is 4.19. The van der Waals surface area contributed by atoms with Gasteiger partial charge in [-0.25, -0.2) is 0 Å². The van der Waals surface area contributed by atoms with Crippen molar-refractivity contribution >= 4 is 6.08 Å². The minimum Gasteiger partial charge on any atom is -0.320 e. The van der Waals surface area contributed by atoms with Crippen LogP contribution in [-0.2, 0) is 0 Å². The molecule has 2 heteroatoms. The van der Waals surface area contributed by atoms with Crippen LogP contribution in [0.1, 0.15) is 25.3 Å². The number of nitrogens with one attached hydrogen (secondary N) is 1. The molecule has 0 aromatic carbocycles. The maximum absolute atomic E-state index is 4.08. The Kier molecular flexibility index (Phi) is 4.94. The minimum absolute atomic E-state index is 1.08. The van der Waals surface area contributed by atoms with E-state index in [9.17, 15) is 0 Å². The Balaban J connectivity index is 2.43. The lowest BCUT2D eigenvalue weighted by Gasteiger charge is -2.01. The molecule has 0 radical (unpaired) electrons. The van der Waals surface area contributed by atoms with Gasteiger partial charge < -0.3 is 5.32 Å². The second kappa shape index (κ2) is 6.33. The Hall–Kier alpha value is -1.15. The van der Waals surface area contributed by atoms with E-state index in [0.29, 0.717) is 0 Å². The summed E-state index contributed by atoms with van der Waals surface area (Å²) in [5.41, 5.74) is 2.60. The summed E-state index contributed by atoms with van der Waals surface area (Å²) in [5.74, 6) is 0. The van der Waals surface area contributed by atoms with Crippen molar-refractivity contribution in [3.8, 4) is 0 Å². The number of allylic oxidation sites excluding steroid dienone is 1. The molecule has 1 N–H and O–H groups in total. The van der Waals surface area contributed by atoms with Crippen molar-refractivity contribution in [1.29, 1.82) is 0 Å². The van der Waals surface area contributed by atoms with Crippen LogP contribution >= 0.6 is 0 Å². The van der Waals surface area contributed by atoms with Crippen LogP contribution in [0.25, 0.3) is 6.08 Å². The number of pyridine rings is 1. The molecule has 0 saturated heterocycles. The first kappa shape index (κ1) is 10.9. The fourth-order valence-corrected chi connectivity index (χ4v) is 1.36. The highest BCUT2D eigenvalue weighted by Crippen LogP contribution is 2.09. The average Bonchev–Trinajstić information content (AvgIpc) is 2.20. The second-order valence-electron chi connectivity index (χ2n) is 3.48. The van der Waals surface area contributed by atoms with Crippen LogP contribution < -0.4 is 5.32 Å². The van der Waals surface area contributed by atoms with Gasteiger partial charge in [0.25, 0.3) is 0 Å². The molecule has 76 valence electrons. The van der Waals surface area contributed by atoms with Crippen LogP contribution in [0.3, 0.4) is 0 Å². The molecule has 0 atom stereocenters. The molecule has 1 rings (SSSR count). The van der Waals surface area contributed by atoms with Crippen molar-refractivity contribution in [3.05, 3.63) is 35.7 Å². The van der Waals surface area contributed by atoms with E-state index in [2.05, 4.69) is 29.4 Å². The van der Waals surface area contributed by atoms with E-state index in [4.69, 9.17) is 0 Å². The Morgan fingerprint density at radius 1 is 1.57 bits per heavy atom. The Morgan fingerprint density at radius 2 is 2.43 bits per heavy atom. The molecular formula is C12H18N2. The van der Waals surface area contributed by atoms with E-state index >= 15 is 0 Å². The zero-order valence-electron chi connectivity index (χ0n) is 8.96. The van der Waals surface area contributed by atoms with Gasteiger partial charge in [0, 0.05) is 12.4 Å². The van der Waals surface area contributed by atoms with Crippen LogP contribution in [0.15, 0.2) is 30.1 Å². The zero-order valence-corrected chi connectivity index (χ0v) is 8.96. The maximum Gasteiger partial charge on any atom is 0.0340 e. The predicted octanol–water partition coefficient (Wildman–Crippen LogP) is 2.48. The molecule has 14 heavy (non-hydrogen) atoms. The molecule has 0 spiro atoms. The molecule has 0 fully saturated rings. The summed E-state index contributed by atoms with van der Waals surface area (Å²) in [7, 11) is 1.99. The summed E-state index contributed by atoms with van der Waals surface area (Å²) >= 11 is 0. The molecule has 0 unspecified atom stereocenters. The highest BCUT2D eigenvalue weighted by atomic mass is 14.8. The zero-order chi connectivity index (χ0) is 10.2. The topological polar surface area (TPSA) is 24.9 Å². The first-order valence-electron chi connectivity index (χ1n) is 5.04. The van der Waals surface area contributed by atoms with E-state index in [-0.39, 0.29) is 0 Å². The largest absolute Gasteiger partial charge is 0.320 e. The standard InChI is InChI=1S/C12H18N2/c1-11(5-3-7-13-2)9-12-6-4-8-14-10-12/h4,6,8-10,13H,3,5,7H2,1-2H3/b11-9+. The van der Waals surface area contributed by atoms with Crippen molar-refractivity contribution in [2.45, 2.75) is 19.8 Å². The van der Waals surface area contributed by atoms with Gasteiger partial charge in [0.15, 0.2) is 0 Å². The van der Waals surface area contributed by atoms with Gasteiger partial charge in [-0.15, -0.1) is 0 Å². The molecule has 1 aromatic rings. The van der Waals surface area contributed by atoms with Gasteiger partial charge in [-0.2, -0.15) is 0 Å². The maximum atomic E-state index is 4.08. The fraction of sp³-hybridized carbons (Fsp3) is 0.417. The number of aromatic nitrogens is 1. The van der Waals surface area contributed by atoms with E-state index < -0.39 is 0 Å². The Bertz CT molecular complexity index is 278. The minimum atomic E-state index is 1.08. The number of nitrogens with zero attached hydrogens (tertiary/aromatic N) is 1. The van der Waals surface area contributed by atoms with Crippen molar-refractivity contribution in [2.24, 2.45) is 0 Å². The van der Waals surface area contributed by atoms with Gasteiger partial charge in [-0.05, 0) is 45.0 Å². The number of hydrogen-bond acceptors (Lipinski definition) is 2.